The lowest BCUT2D eigenvalue weighted by Gasteiger charge is -2.38. The van der Waals surface area contributed by atoms with Gasteiger partial charge in [0.05, 0.1) is 16.7 Å². The van der Waals surface area contributed by atoms with E-state index in [1.807, 2.05) is 30.4 Å². The first-order valence-corrected chi connectivity index (χ1v) is 11.4. The highest BCUT2D eigenvalue weighted by Crippen LogP contribution is 2.26. The first-order valence-electron chi connectivity index (χ1n) is 10.6. The van der Waals surface area contributed by atoms with Gasteiger partial charge < -0.3 is 10.2 Å². The summed E-state index contributed by atoms with van der Waals surface area (Å²) in [5.41, 5.74) is 2.32. The van der Waals surface area contributed by atoms with Crippen molar-refractivity contribution in [2.75, 3.05) is 37.6 Å². The molecule has 2 aromatic rings. The number of nitrogens with zero attached hydrogens (tertiary/aromatic N) is 3. The molecule has 2 heterocycles. The number of benzene rings is 1. The van der Waals surface area contributed by atoms with Crippen LogP contribution in [-0.4, -0.2) is 54.6 Å². The Labute approximate surface area is 175 Å². The van der Waals surface area contributed by atoms with Gasteiger partial charge in [-0.05, 0) is 56.9 Å². The van der Waals surface area contributed by atoms with Crippen molar-refractivity contribution < 1.29 is 9.18 Å². The normalized spacial score (nSPS) is 18.3. The summed E-state index contributed by atoms with van der Waals surface area (Å²) in [4.78, 5) is 23.3. The molecule has 1 aromatic carbocycles. The fourth-order valence-electron chi connectivity index (χ4n) is 4.14. The molecule has 1 aliphatic heterocycles. The van der Waals surface area contributed by atoms with Crippen LogP contribution in [0.5, 0.6) is 0 Å². The smallest absolute Gasteiger partial charge is 0.237 e. The number of nitrogens with one attached hydrogen (secondary N) is 1. The van der Waals surface area contributed by atoms with Crippen molar-refractivity contribution in [2.24, 2.45) is 0 Å². The molecule has 1 unspecified atom stereocenters. The number of anilines is 1. The first kappa shape index (κ1) is 20.3. The fourth-order valence-corrected chi connectivity index (χ4v) is 5.29. The van der Waals surface area contributed by atoms with Gasteiger partial charge >= 0.3 is 0 Å². The van der Waals surface area contributed by atoms with Crippen molar-refractivity contribution in [2.45, 2.75) is 45.1 Å². The van der Waals surface area contributed by atoms with Crippen molar-refractivity contribution in [1.29, 1.82) is 0 Å². The first-order chi connectivity index (χ1) is 14.1. The summed E-state index contributed by atoms with van der Waals surface area (Å²) in [6.07, 6.45) is 5.62. The lowest BCUT2D eigenvalue weighted by Crippen LogP contribution is -2.54. The minimum Gasteiger partial charge on any atom is -0.369 e. The number of fused-ring (bicyclic) bond motifs is 1. The number of carbonyl (C=O) groups is 1. The average molecular weight is 417 g/mol. The Kier molecular flexibility index (Phi) is 6.45. The molecule has 0 bridgehead atoms. The van der Waals surface area contributed by atoms with Crippen molar-refractivity contribution in [1.82, 2.24) is 15.2 Å². The van der Waals surface area contributed by atoms with Gasteiger partial charge in [0.1, 0.15) is 5.82 Å². The predicted octanol–water partition coefficient (Wildman–Crippen LogP) is 3.03. The Balaban J connectivity index is 1.21. The monoisotopic (exact) mass is 416 g/mol. The lowest BCUT2D eigenvalue weighted by atomic mass is 10.0. The van der Waals surface area contributed by atoms with Crippen molar-refractivity contribution in [3.63, 3.8) is 0 Å². The third kappa shape index (κ3) is 4.95. The molecule has 1 saturated heterocycles. The molecule has 4 rings (SSSR count). The molecule has 1 atom stereocenters. The van der Waals surface area contributed by atoms with Crippen molar-refractivity contribution >= 4 is 22.9 Å². The van der Waals surface area contributed by atoms with E-state index in [0.717, 1.165) is 49.7 Å². The minimum absolute atomic E-state index is 0.0848. The predicted molar refractivity (Wildman–Crippen MR) is 115 cm³/mol. The molecular formula is C22H29FN4OS. The summed E-state index contributed by atoms with van der Waals surface area (Å²) in [6, 6.07) is 6.48. The van der Waals surface area contributed by atoms with Gasteiger partial charge in [0.2, 0.25) is 5.91 Å². The maximum Gasteiger partial charge on any atom is 0.237 e. The minimum atomic E-state index is -0.212. The number of carbonyl (C=O) groups excluding carboxylic acids is 1. The summed E-state index contributed by atoms with van der Waals surface area (Å²) < 4.78 is 13.1. The van der Waals surface area contributed by atoms with Gasteiger partial charge in [-0.15, -0.1) is 11.3 Å². The topological polar surface area (TPSA) is 48.5 Å². The van der Waals surface area contributed by atoms with E-state index in [2.05, 4.69) is 15.1 Å². The second kappa shape index (κ2) is 9.22. The lowest BCUT2D eigenvalue weighted by molar-refractivity contribution is -0.125. The van der Waals surface area contributed by atoms with Crippen LogP contribution in [0.4, 0.5) is 10.1 Å². The maximum atomic E-state index is 13.1. The molecule has 7 heteroatoms. The number of hydrogen-bond acceptors (Lipinski definition) is 5. The highest BCUT2D eigenvalue weighted by Gasteiger charge is 2.25. The number of aromatic nitrogens is 1. The van der Waals surface area contributed by atoms with Gasteiger partial charge in [-0.3, -0.25) is 9.69 Å². The van der Waals surface area contributed by atoms with E-state index in [4.69, 9.17) is 4.98 Å². The maximum absolute atomic E-state index is 13.1. The fraction of sp³-hybridized carbons (Fsp3) is 0.545. The van der Waals surface area contributed by atoms with Gasteiger partial charge in [-0.2, -0.15) is 0 Å². The van der Waals surface area contributed by atoms with Gasteiger partial charge in [0.25, 0.3) is 0 Å². The molecule has 1 aliphatic carbocycles. The third-order valence-electron chi connectivity index (χ3n) is 5.96. The third-order valence-corrected chi connectivity index (χ3v) is 7.18. The Morgan fingerprint density at radius 1 is 1.17 bits per heavy atom. The average Bonchev–Trinajstić information content (AvgIpc) is 3.16. The highest BCUT2D eigenvalue weighted by atomic mass is 32.1. The number of rotatable bonds is 6. The Morgan fingerprint density at radius 3 is 2.62 bits per heavy atom. The Bertz CT molecular complexity index is 806. The highest BCUT2D eigenvalue weighted by molar-refractivity contribution is 7.11. The SMILES string of the molecule is CC(C(=O)NCCc1nc2c(s1)CCCC2)N1CCN(c2ccc(F)cc2)CC1. The zero-order valence-corrected chi connectivity index (χ0v) is 17.8. The molecule has 1 fully saturated rings. The number of thiazole rings is 1. The van der Waals surface area contributed by atoms with Crippen LogP contribution in [0.1, 0.15) is 35.3 Å². The summed E-state index contributed by atoms with van der Waals surface area (Å²) in [5.74, 6) is -0.128. The molecule has 5 nitrogen and oxygen atoms in total. The van der Waals surface area contributed by atoms with Crippen LogP contribution in [0.2, 0.25) is 0 Å². The van der Waals surface area contributed by atoms with E-state index in [1.54, 1.807) is 0 Å². The molecule has 156 valence electrons. The van der Waals surface area contributed by atoms with Gasteiger partial charge in [-0.25, -0.2) is 9.37 Å². The molecule has 1 N–H and O–H groups in total. The van der Waals surface area contributed by atoms with Crippen molar-refractivity contribution in [3.8, 4) is 0 Å². The molecular weight excluding hydrogens is 387 g/mol. The van der Waals surface area contributed by atoms with E-state index in [9.17, 15) is 9.18 Å². The largest absolute Gasteiger partial charge is 0.369 e. The zero-order chi connectivity index (χ0) is 20.2. The summed E-state index contributed by atoms with van der Waals surface area (Å²) in [6.45, 7) is 5.95. The Morgan fingerprint density at radius 2 is 1.90 bits per heavy atom. The number of piperazine rings is 1. The van der Waals surface area contributed by atoms with Gasteiger partial charge in [0, 0.05) is 49.7 Å². The van der Waals surface area contributed by atoms with Crippen LogP contribution in [0.15, 0.2) is 24.3 Å². The van der Waals surface area contributed by atoms with Crippen molar-refractivity contribution in [3.05, 3.63) is 45.7 Å². The standard InChI is InChI=1S/C22H29FN4OS/c1-16(26-12-14-27(15-13-26)18-8-6-17(23)7-9-18)22(28)24-11-10-21-25-19-4-2-3-5-20(19)29-21/h6-9,16H,2-5,10-15H2,1H3,(H,24,28). The van der Waals surface area contributed by atoms with Crippen LogP contribution < -0.4 is 10.2 Å². The number of halogens is 1. The molecule has 29 heavy (non-hydrogen) atoms. The zero-order valence-electron chi connectivity index (χ0n) is 17.0. The molecule has 2 aliphatic rings. The van der Waals surface area contributed by atoms with Gasteiger partial charge in [-0.1, -0.05) is 0 Å². The van der Waals surface area contributed by atoms with E-state index in [0.29, 0.717) is 6.54 Å². The van der Waals surface area contributed by atoms with E-state index < -0.39 is 0 Å². The quantitative estimate of drug-likeness (QED) is 0.786. The molecule has 0 saturated carbocycles. The van der Waals surface area contributed by atoms with Crippen LogP contribution in [0, 0.1) is 5.82 Å². The summed E-state index contributed by atoms with van der Waals surface area (Å²) in [5, 5.41) is 4.24. The van der Waals surface area contributed by atoms with E-state index in [1.165, 1.54) is 42.0 Å². The Hall–Kier alpha value is -1.99. The molecule has 0 radical (unpaired) electrons. The number of amides is 1. The van der Waals surface area contributed by atoms with Crippen LogP contribution in [0.25, 0.3) is 0 Å². The molecule has 0 spiro atoms. The number of hydrogen-bond donors (Lipinski definition) is 1. The second-order valence-corrected chi connectivity index (χ2v) is 9.07. The molecule has 1 amide bonds. The van der Waals surface area contributed by atoms with Crippen LogP contribution in [-0.2, 0) is 24.1 Å². The van der Waals surface area contributed by atoms with E-state index >= 15 is 0 Å². The van der Waals surface area contributed by atoms with Gasteiger partial charge in [0.15, 0.2) is 0 Å². The van der Waals surface area contributed by atoms with E-state index in [-0.39, 0.29) is 17.8 Å². The summed E-state index contributed by atoms with van der Waals surface area (Å²) >= 11 is 1.82. The van der Waals surface area contributed by atoms with Crippen LogP contribution >= 0.6 is 11.3 Å². The van der Waals surface area contributed by atoms with Crippen LogP contribution in [0.3, 0.4) is 0 Å². The summed E-state index contributed by atoms with van der Waals surface area (Å²) in [7, 11) is 0. The second-order valence-electron chi connectivity index (χ2n) is 7.90. The number of aryl methyl sites for hydroxylation is 2. The molecule has 1 aromatic heterocycles.